The lowest BCUT2D eigenvalue weighted by atomic mass is 10.1. The molecule has 1 aliphatic heterocycles. The first-order chi connectivity index (χ1) is 9.65. The van der Waals surface area contributed by atoms with Gasteiger partial charge in [0.2, 0.25) is 0 Å². The zero-order valence-corrected chi connectivity index (χ0v) is 11.7. The third kappa shape index (κ3) is 3.20. The molecule has 1 aliphatic rings. The first-order valence-corrected chi connectivity index (χ1v) is 6.71. The summed E-state index contributed by atoms with van der Waals surface area (Å²) >= 11 is 0. The van der Waals surface area contributed by atoms with Gasteiger partial charge in [0.25, 0.3) is 0 Å². The van der Waals surface area contributed by atoms with Gasteiger partial charge >= 0.3 is 5.97 Å². The first-order valence-electron chi connectivity index (χ1n) is 6.71. The zero-order valence-electron chi connectivity index (χ0n) is 11.7. The molecule has 2 rings (SSSR count). The van der Waals surface area contributed by atoms with Crippen molar-refractivity contribution in [1.82, 2.24) is 4.90 Å². The van der Waals surface area contributed by atoms with Gasteiger partial charge in [-0.25, -0.2) is 4.79 Å². The van der Waals surface area contributed by atoms with Crippen molar-refractivity contribution in [2.75, 3.05) is 57.1 Å². The molecule has 20 heavy (non-hydrogen) atoms. The van der Waals surface area contributed by atoms with Crippen LogP contribution in [0.4, 0.5) is 11.4 Å². The normalized spacial score (nSPS) is 16.2. The number of aliphatic hydroxyl groups is 1. The van der Waals surface area contributed by atoms with E-state index in [1.54, 1.807) is 12.1 Å². The van der Waals surface area contributed by atoms with Crippen LogP contribution in [-0.2, 0) is 4.74 Å². The van der Waals surface area contributed by atoms with Gasteiger partial charge in [0.05, 0.1) is 25.0 Å². The van der Waals surface area contributed by atoms with E-state index in [9.17, 15) is 4.79 Å². The lowest BCUT2D eigenvalue weighted by molar-refractivity contribution is 0.0601. The summed E-state index contributed by atoms with van der Waals surface area (Å²) in [6.07, 6.45) is 0. The fourth-order valence-electron chi connectivity index (χ4n) is 2.46. The second kappa shape index (κ2) is 6.58. The number of ether oxygens (including phenoxy) is 1. The number of nitrogen functional groups attached to an aromatic ring is 1. The van der Waals surface area contributed by atoms with Crippen molar-refractivity contribution in [2.45, 2.75) is 0 Å². The highest BCUT2D eigenvalue weighted by Gasteiger charge is 2.21. The fourth-order valence-corrected chi connectivity index (χ4v) is 2.46. The van der Waals surface area contributed by atoms with Crippen LogP contribution < -0.4 is 10.6 Å². The SMILES string of the molecule is COC(=O)c1cc(N)ccc1N1CCN(CCO)CC1. The van der Waals surface area contributed by atoms with E-state index in [1.807, 2.05) is 6.07 Å². The largest absolute Gasteiger partial charge is 0.465 e. The minimum atomic E-state index is -0.370. The Hall–Kier alpha value is -1.79. The van der Waals surface area contributed by atoms with Crippen LogP contribution in [-0.4, -0.2) is 62.4 Å². The number of β-amino-alcohol motifs (C(OH)–C–C–N with tert-alkyl or cyclic N) is 1. The number of benzene rings is 1. The van der Waals surface area contributed by atoms with Crippen molar-refractivity contribution < 1.29 is 14.6 Å². The van der Waals surface area contributed by atoms with Gasteiger partial charge in [0.1, 0.15) is 0 Å². The molecular weight excluding hydrogens is 258 g/mol. The van der Waals surface area contributed by atoms with E-state index in [0.717, 1.165) is 31.9 Å². The zero-order chi connectivity index (χ0) is 14.5. The van der Waals surface area contributed by atoms with Gasteiger partial charge in [0, 0.05) is 38.4 Å². The second-order valence-corrected chi connectivity index (χ2v) is 4.82. The monoisotopic (exact) mass is 279 g/mol. The molecule has 6 heteroatoms. The molecule has 0 bridgehead atoms. The Balaban J connectivity index is 2.15. The second-order valence-electron chi connectivity index (χ2n) is 4.82. The smallest absolute Gasteiger partial charge is 0.340 e. The molecule has 0 spiro atoms. The quantitative estimate of drug-likeness (QED) is 0.604. The average molecular weight is 279 g/mol. The van der Waals surface area contributed by atoms with Gasteiger partial charge in [-0.15, -0.1) is 0 Å². The molecule has 0 radical (unpaired) electrons. The molecular formula is C14H21N3O3. The fraction of sp³-hybridized carbons (Fsp3) is 0.500. The number of carbonyl (C=O) groups excluding carboxylic acids is 1. The van der Waals surface area contributed by atoms with E-state index < -0.39 is 0 Å². The van der Waals surface area contributed by atoms with Gasteiger partial charge in [-0.05, 0) is 18.2 Å². The number of nitrogens with two attached hydrogens (primary N) is 1. The van der Waals surface area contributed by atoms with E-state index >= 15 is 0 Å². The van der Waals surface area contributed by atoms with Crippen LogP contribution in [0.15, 0.2) is 18.2 Å². The Kier molecular flexibility index (Phi) is 4.81. The molecule has 0 amide bonds. The van der Waals surface area contributed by atoms with E-state index in [0.29, 0.717) is 17.8 Å². The van der Waals surface area contributed by atoms with Crippen molar-refractivity contribution >= 4 is 17.3 Å². The summed E-state index contributed by atoms with van der Waals surface area (Å²) in [6.45, 7) is 4.23. The van der Waals surface area contributed by atoms with Gasteiger partial charge in [0.15, 0.2) is 0 Å². The third-order valence-electron chi connectivity index (χ3n) is 3.56. The summed E-state index contributed by atoms with van der Waals surface area (Å²) in [5.74, 6) is -0.370. The topological polar surface area (TPSA) is 79.0 Å². The number of aliphatic hydroxyl groups excluding tert-OH is 1. The molecule has 0 aromatic heterocycles. The summed E-state index contributed by atoms with van der Waals surface area (Å²) in [6, 6.07) is 5.31. The van der Waals surface area contributed by atoms with Crippen LogP contribution in [0, 0.1) is 0 Å². The Bertz CT molecular complexity index is 471. The lowest BCUT2D eigenvalue weighted by Gasteiger charge is -2.36. The van der Waals surface area contributed by atoms with Crippen LogP contribution in [0.2, 0.25) is 0 Å². The maximum absolute atomic E-state index is 11.8. The molecule has 0 atom stereocenters. The third-order valence-corrected chi connectivity index (χ3v) is 3.56. The van der Waals surface area contributed by atoms with Crippen molar-refractivity contribution in [3.05, 3.63) is 23.8 Å². The van der Waals surface area contributed by atoms with Crippen LogP contribution in [0.5, 0.6) is 0 Å². The lowest BCUT2D eigenvalue weighted by Crippen LogP contribution is -2.47. The highest BCUT2D eigenvalue weighted by atomic mass is 16.5. The predicted octanol–water partition coefficient (Wildman–Crippen LogP) is 0.170. The van der Waals surface area contributed by atoms with Gasteiger partial charge in [-0.2, -0.15) is 0 Å². The van der Waals surface area contributed by atoms with Crippen molar-refractivity contribution in [3.8, 4) is 0 Å². The van der Waals surface area contributed by atoms with E-state index in [-0.39, 0.29) is 12.6 Å². The minimum Gasteiger partial charge on any atom is -0.465 e. The van der Waals surface area contributed by atoms with Crippen LogP contribution in [0.1, 0.15) is 10.4 Å². The summed E-state index contributed by atoms with van der Waals surface area (Å²) in [4.78, 5) is 16.2. The number of carbonyl (C=O) groups is 1. The number of esters is 1. The summed E-state index contributed by atoms with van der Waals surface area (Å²) < 4.78 is 4.82. The Morgan fingerprint density at radius 3 is 2.65 bits per heavy atom. The average Bonchev–Trinajstić information content (AvgIpc) is 2.47. The number of nitrogens with zero attached hydrogens (tertiary/aromatic N) is 2. The molecule has 1 aromatic rings. The molecule has 1 saturated heterocycles. The van der Waals surface area contributed by atoms with E-state index in [4.69, 9.17) is 15.6 Å². The number of hydrogen-bond donors (Lipinski definition) is 2. The Labute approximate surface area is 118 Å². The van der Waals surface area contributed by atoms with Gasteiger partial charge in [-0.1, -0.05) is 0 Å². The number of methoxy groups -OCH3 is 1. The minimum absolute atomic E-state index is 0.176. The summed E-state index contributed by atoms with van der Waals surface area (Å²) in [5.41, 5.74) is 7.66. The molecule has 110 valence electrons. The van der Waals surface area contributed by atoms with Crippen molar-refractivity contribution in [2.24, 2.45) is 0 Å². The number of anilines is 2. The Morgan fingerprint density at radius 1 is 1.35 bits per heavy atom. The molecule has 0 saturated carbocycles. The molecule has 0 unspecified atom stereocenters. The maximum atomic E-state index is 11.8. The van der Waals surface area contributed by atoms with E-state index in [2.05, 4.69) is 9.80 Å². The van der Waals surface area contributed by atoms with Crippen molar-refractivity contribution in [1.29, 1.82) is 0 Å². The number of rotatable bonds is 4. The van der Waals surface area contributed by atoms with Gasteiger partial charge < -0.3 is 20.5 Å². The molecule has 6 nitrogen and oxygen atoms in total. The maximum Gasteiger partial charge on any atom is 0.340 e. The predicted molar refractivity (Wildman–Crippen MR) is 77.9 cm³/mol. The molecule has 1 heterocycles. The molecule has 0 aliphatic carbocycles. The molecule has 1 fully saturated rings. The molecule has 1 aromatic carbocycles. The highest BCUT2D eigenvalue weighted by Crippen LogP contribution is 2.25. The standard InChI is InChI=1S/C14H21N3O3/c1-20-14(19)12-10-11(15)2-3-13(12)17-6-4-16(5-7-17)8-9-18/h2-3,10,18H,4-9,15H2,1H3. The van der Waals surface area contributed by atoms with E-state index in [1.165, 1.54) is 7.11 Å². The summed E-state index contributed by atoms with van der Waals surface area (Å²) in [5, 5.41) is 8.95. The summed E-state index contributed by atoms with van der Waals surface area (Å²) in [7, 11) is 1.37. The van der Waals surface area contributed by atoms with Crippen LogP contribution in [0.3, 0.4) is 0 Å². The number of hydrogen-bond acceptors (Lipinski definition) is 6. The Morgan fingerprint density at radius 2 is 2.05 bits per heavy atom. The van der Waals surface area contributed by atoms with Crippen LogP contribution >= 0.6 is 0 Å². The number of piperazine rings is 1. The van der Waals surface area contributed by atoms with Gasteiger partial charge in [-0.3, -0.25) is 4.90 Å². The highest BCUT2D eigenvalue weighted by molar-refractivity contribution is 5.97. The van der Waals surface area contributed by atoms with Crippen molar-refractivity contribution in [3.63, 3.8) is 0 Å². The van der Waals surface area contributed by atoms with Crippen LogP contribution in [0.25, 0.3) is 0 Å². The molecule has 3 N–H and O–H groups in total. The first kappa shape index (κ1) is 14.6.